The molecule has 1 aromatic rings. The molecule has 4 atom stereocenters. The number of nitrogens with two attached hydrogens (primary N) is 1. The molecule has 4 unspecified atom stereocenters. The molecule has 4 rings (SSSR count). The Labute approximate surface area is 116 Å². The van der Waals surface area contributed by atoms with Crippen LogP contribution < -0.4 is 5.73 Å². The van der Waals surface area contributed by atoms with Crippen molar-refractivity contribution in [1.29, 1.82) is 0 Å². The van der Waals surface area contributed by atoms with Gasteiger partial charge in [-0.15, -0.1) is 0 Å². The van der Waals surface area contributed by atoms with Gasteiger partial charge in [-0.1, -0.05) is 24.3 Å². The fourth-order valence-corrected chi connectivity index (χ4v) is 4.72. The third kappa shape index (κ3) is 1.93. The van der Waals surface area contributed by atoms with Crippen LogP contribution in [0.2, 0.25) is 0 Å². The molecular weight excluding hydrogens is 232 g/mol. The van der Waals surface area contributed by atoms with Crippen LogP contribution in [0.5, 0.6) is 0 Å². The zero-order valence-electron chi connectivity index (χ0n) is 11.6. The zero-order chi connectivity index (χ0) is 12.8. The number of aryl methyl sites for hydroxylation is 1. The third-order valence-electron chi connectivity index (χ3n) is 5.65. The van der Waals surface area contributed by atoms with Crippen molar-refractivity contribution in [2.75, 3.05) is 6.54 Å². The van der Waals surface area contributed by atoms with Crippen molar-refractivity contribution < 1.29 is 0 Å². The molecule has 3 aliphatic rings. The SMILES string of the molecule is NC1c2ccccc2CCCC1N1CC2CCC1C2. The fourth-order valence-electron chi connectivity index (χ4n) is 4.72. The van der Waals surface area contributed by atoms with Crippen molar-refractivity contribution in [2.45, 2.75) is 56.7 Å². The quantitative estimate of drug-likeness (QED) is 0.783. The second kappa shape index (κ2) is 4.60. The zero-order valence-corrected chi connectivity index (χ0v) is 11.6. The smallest absolute Gasteiger partial charge is 0.0455 e. The van der Waals surface area contributed by atoms with Crippen molar-refractivity contribution in [3.05, 3.63) is 35.4 Å². The van der Waals surface area contributed by atoms with Crippen LogP contribution in [0.3, 0.4) is 0 Å². The minimum absolute atomic E-state index is 0.220. The summed E-state index contributed by atoms with van der Waals surface area (Å²) in [6.07, 6.45) is 8.09. The van der Waals surface area contributed by atoms with Gasteiger partial charge in [-0.3, -0.25) is 4.90 Å². The van der Waals surface area contributed by atoms with Gasteiger partial charge >= 0.3 is 0 Å². The first kappa shape index (κ1) is 11.9. The summed E-state index contributed by atoms with van der Waals surface area (Å²) in [5, 5.41) is 0. The molecule has 2 heteroatoms. The summed E-state index contributed by atoms with van der Waals surface area (Å²) in [5.74, 6) is 0.968. The highest BCUT2D eigenvalue weighted by Crippen LogP contribution is 2.42. The van der Waals surface area contributed by atoms with Gasteiger partial charge in [0.05, 0.1) is 0 Å². The van der Waals surface area contributed by atoms with Crippen molar-refractivity contribution in [3.63, 3.8) is 0 Å². The Morgan fingerprint density at radius 3 is 2.79 bits per heavy atom. The first-order valence-electron chi connectivity index (χ1n) is 7.92. The molecule has 2 aliphatic carbocycles. The van der Waals surface area contributed by atoms with E-state index in [-0.39, 0.29) is 6.04 Å². The summed E-state index contributed by atoms with van der Waals surface area (Å²) in [6, 6.07) is 10.5. The van der Waals surface area contributed by atoms with E-state index in [2.05, 4.69) is 29.2 Å². The van der Waals surface area contributed by atoms with Crippen LogP contribution in [0.25, 0.3) is 0 Å². The summed E-state index contributed by atoms with van der Waals surface area (Å²) in [4.78, 5) is 2.76. The predicted molar refractivity (Wildman–Crippen MR) is 77.9 cm³/mol. The highest BCUT2D eigenvalue weighted by molar-refractivity contribution is 5.32. The first-order chi connectivity index (χ1) is 9.33. The van der Waals surface area contributed by atoms with Crippen molar-refractivity contribution in [3.8, 4) is 0 Å². The van der Waals surface area contributed by atoms with Crippen LogP contribution >= 0.6 is 0 Å². The summed E-state index contributed by atoms with van der Waals surface area (Å²) in [6.45, 7) is 1.31. The van der Waals surface area contributed by atoms with Gasteiger partial charge in [-0.25, -0.2) is 0 Å². The molecular formula is C17H24N2. The minimum atomic E-state index is 0.220. The lowest BCUT2D eigenvalue weighted by atomic mass is 9.94. The normalized spacial score (nSPS) is 38.2. The number of hydrogen-bond acceptors (Lipinski definition) is 2. The lowest BCUT2D eigenvalue weighted by Gasteiger charge is -2.38. The van der Waals surface area contributed by atoms with Crippen molar-refractivity contribution >= 4 is 0 Å². The maximum atomic E-state index is 6.66. The van der Waals surface area contributed by atoms with E-state index in [1.165, 1.54) is 56.2 Å². The van der Waals surface area contributed by atoms with E-state index in [4.69, 9.17) is 5.73 Å². The molecule has 1 heterocycles. The Kier molecular flexibility index (Phi) is 2.89. The number of hydrogen-bond donors (Lipinski definition) is 1. The monoisotopic (exact) mass is 256 g/mol. The number of fused-ring (bicyclic) bond motifs is 3. The van der Waals surface area contributed by atoms with Gasteiger partial charge in [-0.05, 0) is 55.6 Å². The number of rotatable bonds is 1. The topological polar surface area (TPSA) is 29.3 Å². The highest BCUT2D eigenvalue weighted by atomic mass is 15.2. The Morgan fingerprint density at radius 2 is 2.00 bits per heavy atom. The summed E-state index contributed by atoms with van der Waals surface area (Å²) >= 11 is 0. The Balaban J connectivity index is 1.63. The average Bonchev–Trinajstić information content (AvgIpc) is 3.02. The molecule has 1 saturated carbocycles. The molecule has 0 radical (unpaired) electrons. The molecule has 1 aromatic carbocycles. The van der Waals surface area contributed by atoms with Gasteiger partial charge in [-0.2, -0.15) is 0 Å². The van der Waals surface area contributed by atoms with Crippen LogP contribution in [-0.4, -0.2) is 23.5 Å². The average molecular weight is 256 g/mol. The van der Waals surface area contributed by atoms with Crippen LogP contribution in [-0.2, 0) is 6.42 Å². The van der Waals surface area contributed by atoms with E-state index in [9.17, 15) is 0 Å². The van der Waals surface area contributed by atoms with Crippen LogP contribution in [0.4, 0.5) is 0 Å². The fraction of sp³-hybridized carbons (Fsp3) is 0.647. The second-order valence-corrected chi connectivity index (χ2v) is 6.71. The summed E-state index contributed by atoms with van der Waals surface area (Å²) in [5.41, 5.74) is 9.56. The lowest BCUT2D eigenvalue weighted by Crippen LogP contribution is -2.46. The van der Waals surface area contributed by atoms with Gasteiger partial charge in [0.1, 0.15) is 0 Å². The first-order valence-corrected chi connectivity index (χ1v) is 7.92. The lowest BCUT2D eigenvalue weighted by molar-refractivity contribution is 0.122. The van der Waals surface area contributed by atoms with Gasteiger partial charge < -0.3 is 5.73 Å². The molecule has 2 N–H and O–H groups in total. The summed E-state index contributed by atoms with van der Waals surface area (Å²) in [7, 11) is 0. The Bertz CT molecular complexity index is 470. The molecule has 2 fully saturated rings. The van der Waals surface area contributed by atoms with Gasteiger partial charge in [0.2, 0.25) is 0 Å². The van der Waals surface area contributed by atoms with Gasteiger partial charge in [0.25, 0.3) is 0 Å². The summed E-state index contributed by atoms with van der Waals surface area (Å²) < 4.78 is 0. The maximum absolute atomic E-state index is 6.66. The van der Waals surface area contributed by atoms with Crippen molar-refractivity contribution in [1.82, 2.24) is 4.90 Å². The number of likely N-dealkylation sites (tertiary alicyclic amines) is 1. The molecule has 19 heavy (non-hydrogen) atoms. The Hall–Kier alpha value is -0.860. The van der Waals surface area contributed by atoms with Crippen LogP contribution in [0.1, 0.15) is 49.3 Å². The molecule has 0 amide bonds. The molecule has 0 aromatic heterocycles. The molecule has 0 spiro atoms. The van der Waals surface area contributed by atoms with E-state index in [0.717, 1.165) is 12.0 Å². The number of nitrogens with zero attached hydrogens (tertiary/aromatic N) is 1. The standard InChI is InChI=1S/C17H24N2/c18-17-15-6-2-1-4-13(15)5-3-7-16(17)19-11-12-8-9-14(19)10-12/h1-2,4,6,12,14,16-17H,3,5,7-11,18H2. The van der Waals surface area contributed by atoms with E-state index >= 15 is 0 Å². The minimum Gasteiger partial charge on any atom is -0.323 e. The Morgan fingerprint density at radius 1 is 1.11 bits per heavy atom. The molecule has 2 nitrogen and oxygen atoms in total. The third-order valence-corrected chi connectivity index (χ3v) is 5.65. The molecule has 2 bridgehead atoms. The number of piperidine rings is 1. The van der Waals surface area contributed by atoms with E-state index in [1.807, 2.05) is 0 Å². The van der Waals surface area contributed by atoms with E-state index < -0.39 is 0 Å². The van der Waals surface area contributed by atoms with E-state index in [1.54, 1.807) is 0 Å². The highest BCUT2D eigenvalue weighted by Gasteiger charge is 2.43. The maximum Gasteiger partial charge on any atom is 0.0455 e. The van der Waals surface area contributed by atoms with Gasteiger partial charge in [0, 0.05) is 24.7 Å². The van der Waals surface area contributed by atoms with E-state index in [0.29, 0.717) is 6.04 Å². The molecule has 1 aliphatic heterocycles. The van der Waals surface area contributed by atoms with Crippen molar-refractivity contribution in [2.24, 2.45) is 11.7 Å². The predicted octanol–water partition coefficient (Wildman–Crippen LogP) is 2.88. The molecule has 1 saturated heterocycles. The largest absolute Gasteiger partial charge is 0.323 e. The van der Waals surface area contributed by atoms with Crippen LogP contribution in [0.15, 0.2) is 24.3 Å². The second-order valence-electron chi connectivity index (χ2n) is 6.71. The molecule has 102 valence electrons. The van der Waals surface area contributed by atoms with Gasteiger partial charge in [0.15, 0.2) is 0 Å². The van der Waals surface area contributed by atoms with Crippen LogP contribution in [0, 0.1) is 5.92 Å². The number of benzene rings is 1.